The van der Waals surface area contributed by atoms with Crippen molar-refractivity contribution in [3.8, 4) is 5.75 Å². The molecule has 0 spiro atoms. The zero-order valence-electron chi connectivity index (χ0n) is 10.7. The number of rotatable bonds is 7. The lowest BCUT2D eigenvalue weighted by molar-refractivity contribution is -0.139. The lowest BCUT2D eigenvalue weighted by Gasteiger charge is -2.11. The number of carboxylic acids is 1. The second-order valence-corrected chi connectivity index (χ2v) is 4.97. The highest BCUT2D eigenvalue weighted by molar-refractivity contribution is 6.43. The van der Waals surface area contributed by atoms with Gasteiger partial charge in [0.15, 0.2) is 6.61 Å². The molecule has 0 aromatic heterocycles. The third-order valence-electron chi connectivity index (χ3n) is 2.52. The van der Waals surface area contributed by atoms with E-state index in [4.69, 9.17) is 33.0 Å². The fourth-order valence-electron chi connectivity index (χ4n) is 1.67. The highest BCUT2D eigenvalue weighted by Gasteiger charge is 2.12. The topological polar surface area (TPSA) is 46.5 Å². The van der Waals surface area contributed by atoms with E-state index in [1.165, 1.54) is 0 Å². The van der Waals surface area contributed by atoms with Crippen LogP contribution in [0.15, 0.2) is 24.3 Å². The van der Waals surface area contributed by atoms with Crippen LogP contribution in [0, 0.1) is 0 Å². The number of allylic oxidation sites excluding steroid dienone is 1. The van der Waals surface area contributed by atoms with E-state index < -0.39 is 12.6 Å². The lowest BCUT2D eigenvalue weighted by atomic mass is 10.0. The molecule has 0 saturated heterocycles. The number of aliphatic carboxylic acids is 1. The summed E-state index contributed by atoms with van der Waals surface area (Å²) < 4.78 is 5.05. The van der Waals surface area contributed by atoms with Gasteiger partial charge in [0.25, 0.3) is 0 Å². The number of ether oxygens (including phenoxy) is 1. The first-order valence-electron chi connectivity index (χ1n) is 5.93. The minimum absolute atomic E-state index is 0.240. The monoisotopic (exact) mass is 302 g/mol. The van der Waals surface area contributed by atoms with Crippen LogP contribution in [0.3, 0.4) is 0 Å². The predicted molar refractivity (Wildman–Crippen MR) is 77.3 cm³/mol. The van der Waals surface area contributed by atoms with Gasteiger partial charge < -0.3 is 9.84 Å². The second kappa shape index (κ2) is 7.41. The summed E-state index contributed by atoms with van der Waals surface area (Å²) in [5.74, 6) is -0.786. The highest BCUT2D eigenvalue weighted by atomic mass is 35.5. The van der Waals surface area contributed by atoms with E-state index in [2.05, 4.69) is 13.5 Å². The molecule has 0 bridgehead atoms. The summed E-state index contributed by atoms with van der Waals surface area (Å²) in [5.41, 5.74) is 1.95. The van der Waals surface area contributed by atoms with Gasteiger partial charge in [0, 0.05) is 0 Å². The maximum Gasteiger partial charge on any atom is 0.341 e. The van der Waals surface area contributed by atoms with Crippen LogP contribution >= 0.6 is 23.2 Å². The smallest absolute Gasteiger partial charge is 0.341 e. The Labute approximate surface area is 122 Å². The first-order valence-corrected chi connectivity index (χ1v) is 6.69. The molecule has 0 aliphatic heterocycles. The molecule has 19 heavy (non-hydrogen) atoms. The molecule has 1 aromatic carbocycles. The third-order valence-corrected chi connectivity index (χ3v) is 3.43. The molecule has 1 N–H and O–H groups in total. The van der Waals surface area contributed by atoms with Crippen LogP contribution in [0.2, 0.25) is 10.0 Å². The van der Waals surface area contributed by atoms with Gasteiger partial charge in [0.2, 0.25) is 0 Å². The van der Waals surface area contributed by atoms with Crippen molar-refractivity contribution in [3.05, 3.63) is 39.9 Å². The van der Waals surface area contributed by atoms with E-state index in [1.807, 2.05) is 0 Å². The van der Waals surface area contributed by atoms with Gasteiger partial charge in [-0.25, -0.2) is 4.79 Å². The van der Waals surface area contributed by atoms with Crippen molar-refractivity contribution >= 4 is 29.2 Å². The summed E-state index contributed by atoms with van der Waals surface area (Å²) in [7, 11) is 0. The molecule has 0 heterocycles. The van der Waals surface area contributed by atoms with E-state index in [1.54, 1.807) is 12.1 Å². The Bertz CT molecular complexity index is 484. The molecule has 3 nitrogen and oxygen atoms in total. The van der Waals surface area contributed by atoms with Crippen LogP contribution in [0.1, 0.15) is 25.3 Å². The van der Waals surface area contributed by atoms with Crippen molar-refractivity contribution in [1.82, 2.24) is 0 Å². The van der Waals surface area contributed by atoms with Gasteiger partial charge in [0.1, 0.15) is 10.8 Å². The van der Waals surface area contributed by atoms with Crippen LogP contribution in [0.25, 0.3) is 0 Å². The average Bonchev–Trinajstić information content (AvgIpc) is 2.34. The Morgan fingerprint density at radius 1 is 1.37 bits per heavy atom. The Morgan fingerprint density at radius 2 is 2.05 bits per heavy atom. The summed E-state index contributed by atoms with van der Waals surface area (Å²) in [6.07, 6.45) is 2.63. The van der Waals surface area contributed by atoms with Gasteiger partial charge in [-0.15, -0.1) is 0 Å². The normalized spacial score (nSPS) is 10.3. The highest BCUT2D eigenvalue weighted by Crippen LogP contribution is 2.35. The molecule has 0 saturated carbocycles. The molecular weight excluding hydrogens is 287 g/mol. The van der Waals surface area contributed by atoms with Gasteiger partial charge >= 0.3 is 5.97 Å². The molecule has 5 heteroatoms. The molecule has 0 unspecified atom stereocenters. The average molecular weight is 303 g/mol. The first-order chi connectivity index (χ1) is 8.95. The number of halogens is 2. The maximum absolute atomic E-state index is 10.4. The first kappa shape index (κ1) is 15.9. The van der Waals surface area contributed by atoms with Gasteiger partial charge in [-0.3, -0.25) is 0 Å². The zero-order valence-corrected chi connectivity index (χ0v) is 12.2. The number of carbonyl (C=O) groups is 1. The van der Waals surface area contributed by atoms with Crippen LogP contribution in [0.4, 0.5) is 0 Å². The molecule has 0 atom stereocenters. The number of carboxylic acid groups (broad SMARTS) is 1. The van der Waals surface area contributed by atoms with Gasteiger partial charge in [-0.05, 0) is 24.5 Å². The van der Waals surface area contributed by atoms with Crippen molar-refractivity contribution in [1.29, 1.82) is 0 Å². The largest absolute Gasteiger partial charge is 0.480 e. The van der Waals surface area contributed by atoms with Crippen LogP contribution < -0.4 is 4.74 Å². The zero-order chi connectivity index (χ0) is 14.4. The van der Waals surface area contributed by atoms with Crippen molar-refractivity contribution in [2.75, 3.05) is 6.61 Å². The van der Waals surface area contributed by atoms with Crippen molar-refractivity contribution in [3.63, 3.8) is 0 Å². The lowest BCUT2D eigenvalue weighted by Crippen LogP contribution is -2.09. The predicted octanol–water partition coefficient (Wildman–Crippen LogP) is 4.36. The standard InChI is InChI=1S/C14H16Cl2O3/c1-3-4-9(2)7-10-5-6-11(14(16)13(10)15)19-8-12(17)18/h5-6H,2-4,7-8H2,1H3,(H,17,18). The fraction of sp³-hybridized carbons (Fsp3) is 0.357. The summed E-state index contributed by atoms with van der Waals surface area (Å²) >= 11 is 12.2. The molecule has 0 amide bonds. The van der Waals surface area contributed by atoms with Crippen LogP contribution in [-0.4, -0.2) is 17.7 Å². The Balaban J connectivity index is 2.85. The van der Waals surface area contributed by atoms with Crippen molar-refractivity contribution in [2.24, 2.45) is 0 Å². The van der Waals surface area contributed by atoms with Crippen LogP contribution in [0.5, 0.6) is 5.75 Å². The van der Waals surface area contributed by atoms with Crippen molar-refractivity contribution < 1.29 is 14.6 Å². The third kappa shape index (κ3) is 4.77. The number of hydrogen-bond acceptors (Lipinski definition) is 2. The van der Waals surface area contributed by atoms with E-state index in [9.17, 15) is 4.79 Å². The van der Waals surface area contributed by atoms with Crippen LogP contribution in [-0.2, 0) is 11.2 Å². The van der Waals surface area contributed by atoms with Gasteiger partial charge in [-0.1, -0.05) is 54.8 Å². The summed E-state index contributed by atoms with van der Waals surface area (Å²) in [6, 6.07) is 3.41. The summed E-state index contributed by atoms with van der Waals surface area (Å²) in [4.78, 5) is 10.4. The Morgan fingerprint density at radius 3 is 2.63 bits per heavy atom. The minimum atomic E-state index is -1.06. The molecule has 0 fully saturated rings. The summed E-state index contributed by atoms with van der Waals surface area (Å²) in [5, 5.41) is 9.19. The summed E-state index contributed by atoms with van der Waals surface area (Å²) in [6.45, 7) is 5.62. The molecule has 1 aromatic rings. The molecule has 0 aliphatic rings. The van der Waals surface area contributed by atoms with Gasteiger partial charge in [0.05, 0.1) is 5.02 Å². The fourth-order valence-corrected chi connectivity index (χ4v) is 2.13. The number of benzene rings is 1. The second-order valence-electron chi connectivity index (χ2n) is 4.21. The molecular formula is C14H16Cl2O3. The molecule has 104 valence electrons. The quantitative estimate of drug-likeness (QED) is 0.761. The molecule has 0 aliphatic carbocycles. The van der Waals surface area contributed by atoms with Gasteiger partial charge in [-0.2, -0.15) is 0 Å². The van der Waals surface area contributed by atoms with E-state index in [0.717, 1.165) is 24.0 Å². The minimum Gasteiger partial charge on any atom is -0.480 e. The SMILES string of the molecule is C=C(CCC)Cc1ccc(OCC(=O)O)c(Cl)c1Cl. The van der Waals surface area contributed by atoms with E-state index in [-0.39, 0.29) is 10.8 Å². The Hall–Kier alpha value is -1.19. The van der Waals surface area contributed by atoms with E-state index >= 15 is 0 Å². The van der Waals surface area contributed by atoms with Crippen molar-refractivity contribution in [2.45, 2.75) is 26.2 Å². The molecule has 1 rings (SSSR count). The number of hydrogen-bond donors (Lipinski definition) is 1. The molecule has 0 radical (unpaired) electrons. The Kier molecular flexibility index (Phi) is 6.19. The maximum atomic E-state index is 10.4. The van der Waals surface area contributed by atoms with E-state index in [0.29, 0.717) is 11.4 Å².